The fraction of sp³-hybridized carbons (Fsp3) is 0.727. The zero-order valence-corrected chi connectivity index (χ0v) is 39.7. The lowest BCUT2D eigenvalue weighted by Gasteiger charge is -2.19. The third-order valence-corrected chi connectivity index (χ3v) is 13.5. The number of rotatable bonds is 40. The molecule has 1 aliphatic heterocycles. The van der Waals surface area contributed by atoms with E-state index in [0.717, 1.165) is 70.1 Å². The zero-order valence-electron chi connectivity index (χ0n) is 38.8. The molecule has 0 amide bonds. The maximum absolute atomic E-state index is 13.9. The molecule has 0 unspecified atom stereocenters. The first kappa shape index (κ1) is 51.2. The van der Waals surface area contributed by atoms with Crippen molar-refractivity contribution in [3.8, 4) is 11.5 Å². The lowest BCUT2D eigenvalue weighted by molar-refractivity contribution is 0.104. The Bertz CT molecular complexity index is 1350. The molecule has 2 aromatic carbocycles. The maximum Gasteiger partial charge on any atom is 0.201 e. The first-order chi connectivity index (χ1) is 29.2. The van der Waals surface area contributed by atoms with Gasteiger partial charge in [0.25, 0.3) is 0 Å². The third-order valence-electron chi connectivity index (χ3n) is 12.3. The molecule has 4 heteroatoms. The Labute approximate surface area is 369 Å². The minimum absolute atomic E-state index is 0.114. The minimum atomic E-state index is 0.114. The molecule has 1 heterocycles. The van der Waals surface area contributed by atoms with Gasteiger partial charge in [0.15, 0.2) is 11.5 Å². The van der Waals surface area contributed by atoms with E-state index in [-0.39, 0.29) is 5.78 Å². The fourth-order valence-electron chi connectivity index (χ4n) is 8.52. The van der Waals surface area contributed by atoms with Crippen LogP contribution in [0.2, 0.25) is 0 Å². The van der Waals surface area contributed by atoms with Gasteiger partial charge in [0.05, 0.1) is 23.0 Å². The predicted molar refractivity (Wildman–Crippen MR) is 260 cm³/mol. The Morgan fingerprint density at radius 2 is 0.831 bits per heavy atom. The summed E-state index contributed by atoms with van der Waals surface area (Å²) in [6, 6.07) is 12.4. The first-order valence-electron chi connectivity index (χ1n) is 25.6. The van der Waals surface area contributed by atoms with E-state index in [0.29, 0.717) is 13.2 Å². The number of ether oxygens (including phenoxy) is 2. The molecule has 0 saturated heterocycles. The Hall–Kier alpha value is -2.20. The van der Waals surface area contributed by atoms with Gasteiger partial charge in [-0.3, -0.25) is 4.79 Å². The summed E-state index contributed by atoms with van der Waals surface area (Å²) >= 11 is 1.57. The molecule has 0 aromatic heterocycles. The van der Waals surface area contributed by atoms with Crippen LogP contribution in [0.25, 0.3) is 6.08 Å². The van der Waals surface area contributed by atoms with Crippen molar-refractivity contribution in [3.05, 3.63) is 58.0 Å². The van der Waals surface area contributed by atoms with Crippen molar-refractivity contribution in [1.82, 2.24) is 0 Å². The van der Waals surface area contributed by atoms with E-state index in [1.165, 1.54) is 193 Å². The van der Waals surface area contributed by atoms with Crippen LogP contribution in [-0.2, 0) is 6.42 Å². The molecule has 0 spiro atoms. The molecule has 0 fully saturated rings. The number of hydrogen-bond donors (Lipinski definition) is 0. The van der Waals surface area contributed by atoms with Crippen molar-refractivity contribution in [2.45, 2.75) is 250 Å². The number of hydrogen-bond acceptors (Lipinski definition) is 4. The molecule has 3 nitrogen and oxygen atoms in total. The highest BCUT2D eigenvalue weighted by Gasteiger charge is 2.33. The van der Waals surface area contributed by atoms with Gasteiger partial charge in [-0.15, -0.1) is 0 Å². The van der Waals surface area contributed by atoms with Crippen molar-refractivity contribution >= 4 is 23.6 Å². The molecular formula is C55H90O3S. The highest BCUT2D eigenvalue weighted by molar-refractivity contribution is 8.05. The number of aryl methyl sites for hydroxylation is 1. The van der Waals surface area contributed by atoms with Crippen LogP contribution in [0.3, 0.4) is 0 Å². The second-order valence-electron chi connectivity index (χ2n) is 17.8. The molecule has 3 rings (SSSR count). The summed E-state index contributed by atoms with van der Waals surface area (Å²) in [5, 5.41) is 0. The second-order valence-corrected chi connectivity index (χ2v) is 18.9. The Balaban J connectivity index is 1.44. The number of Topliss-reactive ketones (excluding diaryl/α,β-unsaturated/α-hetero) is 1. The number of fused-ring (bicyclic) bond motifs is 1. The molecule has 1 aliphatic rings. The maximum atomic E-state index is 13.9. The summed E-state index contributed by atoms with van der Waals surface area (Å²) in [6.45, 7) is 8.21. The largest absolute Gasteiger partial charge is 0.489 e. The lowest BCUT2D eigenvalue weighted by atomic mass is 10.0. The van der Waals surface area contributed by atoms with Gasteiger partial charge in [-0.05, 0) is 49.0 Å². The normalized spacial score (nSPS) is 13.1. The number of carbonyl (C=O) groups is 1. The molecule has 0 aliphatic carbocycles. The van der Waals surface area contributed by atoms with Crippen LogP contribution in [0.15, 0.2) is 46.2 Å². The zero-order chi connectivity index (χ0) is 41.9. The molecule has 0 saturated carbocycles. The molecule has 0 N–H and O–H groups in total. The van der Waals surface area contributed by atoms with E-state index in [2.05, 4.69) is 39.0 Å². The van der Waals surface area contributed by atoms with E-state index >= 15 is 0 Å². The first-order valence-corrected chi connectivity index (χ1v) is 26.5. The summed E-state index contributed by atoms with van der Waals surface area (Å²) in [7, 11) is 0. The summed E-state index contributed by atoms with van der Waals surface area (Å²) in [5.41, 5.74) is 2.98. The monoisotopic (exact) mass is 831 g/mol. The number of benzene rings is 2. The minimum Gasteiger partial charge on any atom is -0.489 e. The topological polar surface area (TPSA) is 35.5 Å². The van der Waals surface area contributed by atoms with Crippen LogP contribution in [0.1, 0.15) is 261 Å². The summed E-state index contributed by atoms with van der Waals surface area (Å²) in [5.74, 6) is 1.83. The van der Waals surface area contributed by atoms with Crippen LogP contribution in [-0.4, -0.2) is 19.0 Å². The molecule has 59 heavy (non-hydrogen) atoms. The van der Waals surface area contributed by atoms with Gasteiger partial charge in [-0.1, -0.05) is 262 Å². The van der Waals surface area contributed by atoms with E-state index in [4.69, 9.17) is 9.47 Å². The summed E-state index contributed by atoms with van der Waals surface area (Å²) < 4.78 is 13.4. The summed E-state index contributed by atoms with van der Waals surface area (Å²) in [4.78, 5) is 15.6. The predicted octanol–water partition coefficient (Wildman–Crippen LogP) is 18.6. The van der Waals surface area contributed by atoms with Gasteiger partial charge in [0, 0.05) is 5.56 Å². The van der Waals surface area contributed by atoms with E-state index in [9.17, 15) is 4.79 Å². The molecule has 0 atom stereocenters. The van der Waals surface area contributed by atoms with Crippen molar-refractivity contribution < 1.29 is 14.3 Å². The number of allylic oxidation sites excluding steroid dienone is 1. The standard InChI is InChI=1S/C55H90O3S/c1-4-7-10-12-14-16-18-20-22-24-26-28-30-32-34-39-44-57-53-49(43-9-6-3)47-50-52(56)51(46-48-41-37-36-38-42-48)59-55(50)54(53)58-45-40-35-33-31-29-27-25-23-21-19-17-15-13-11-8-5-2/h36-38,41-42,46-47H,4-35,39-40,43-45H2,1-3H3. The van der Waals surface area contributed by atoms with Crippen LogP contribution in [0.4, 0.5) is 0 Å². The number of unbranched alkanes of at least 4 members (excludes halogenated alkanes) is 31. The Morgan fingerprint density at radius 3 is 1.24 bits per heavy atom. The molecule has 2 aromatic rings. The van der Waals surface area contributed by atoms with Crippen molar-refractivity contribution in [3.63, 3.8) is 0 Å². The van der Waals surface area contributed by atoms with Crippen LogP contribution in [0.5, 0.6) is 11.5 Å². The third kappa shape index (κ3) is 23.0. The van der Waals surface area contributed by atoms with E-state index in [1.54, 1.807) is 11.8 Å². The SMILES string of the molecule is CCCCCCCCCCCCCCCCCCOc1c(CCCC)cc2c(c1OCCCCCCCCCCCCCCCCCC)SC(=Cc1ccccc1)C2=O. The van der Waals surface area contributed by atoms with E-state index < -0.39 is 0 Å². The van der Waals surface area contributed by atoms with Gasteiger partial charge < -0.3 is 9.47 Å². The van der Waals surface area contributed by atoms with Gasteiger partial charge >= 0.3 is 0 Å². The Morgan fingerprint density at radius 1 is 0.458 bits per heavy atom. The highest BCUT2D eigenvalue weighted by Crippen LogP contribution is 2.51. The molecule has 0 radical (unpaired) electrons. The molecule has 0 bridgehead atoms. The van der Waals surface area contributed by atoms with Gasteiger partial charge in [0.1, 0.15) is 0 Å². The quantitative estimate of drug-likeness (QED) is 0.0495. The number of carbonyl (C=O) groups excluding carboxylic acids is 1. The van der Waals surface area contributed by atoms with Crippen molar-refractivity contribution in [1.29, 1.82) is 0 Å². The highest BCUT2D eigenvalue weighted by atomic mass is 32.2. The Kier molecular flexibility index (Phi) is 30.7. The van der Waals surface area contributed by atoms with Gasteiger partial charge in [-0.2, -0.15) is 0 Å². The number of thioether (sulfide) groups is 1. The average molecular weight is 831 g/mol. The number of ketones is 1. The van der Waals surface area contributed by atoms with Crippen LogP contribution in [0, 0.1) is 0 Å². The second kappa shape index (κ2) is 35.4. The van der Waals surface area contributed by atoms with E-state index in [1.807, 2.05) is 24.3 Å². The van der Waals surface area contributed by atoms with Crippen molar-refractivity contribution in [2.24, 2.45) is 0 Å². The van der Waals surface area contributed by atoms with Crippen LogP contribution < -0.4 is 9.47 Å². The molecular weight excluding hydrogens is 741 g/mol. The van der Waals surface area contributed by atoms with Crippen molar-refractivity contribution in [2.75, 3.05) is 13.2 Å². The van der Waals surface area contributed by atoms with Gasteiger partial charge in [-0.25, -0.2) is 0 Å². The molecule has 334 valence electrons. The lowest BCUT2D eigenvalue weighted by Crippen LogP contribution is -2.08. The fourth-order valence-corrected chi connectivity index (χ4v) is 9.65. The average Bonchev–Trinajstić information content (AvgIpc) is 3.56. The van der Waals surface area contributed by atoms with Gasteiger partial charge in [0.2, 0.25) is 5.78 Å². The smallest absolute Gasteiger partial charge is 0.201 e. The van der Waals surface area contributed by atoms with Crippen LogP contribution >= 0.6 is 11.8 Å². The summed E-state index contributed by atoms with van der Waals surface area (Å²) in [6.07, 6.45) is 48.7.